The first-order valence-electron chi connectivity index (χ1n) is 9.06. The first kappa shape index (κ1) is 16.8. The molecule has 2 aromatic heterocycles. The number of fused-ring (bicyclic) bond motifs is 2. The van der Waals surface area contributed by atoms with Crippen molar-refractivity contribution in [2.45, 2.75) is 33.2 Å². The summed E-state index contributed by atoms with van der Waals surface area (Å²) in [6, 6.07) is 4.98. The summed E-state index contributed by atoms with van der Waals surface area (Å²) in [4.78, 5) is 24.4. The lowest BCUT2D eigenvalue weighted by molar-refractivity contribution is -0.122. The fourth-order valence-electron chi connectivity index (χ4n) is 4.09. The maximum Gasteiger partial charge on any atom is 0.267 e. The number of amides is 1. The Hall–Kier alpha value is -2.70. The highest BCUT2D eigenvalue weighted by Gasteiger charge is 2.35. The summed E-state index contributed by atoms with van der Waals surface area (Å²) >= 11 is 0. The second kappa shape index (κ2) is 6.55. The van der Waals surface area contributed by atoms with E-state index in [1.54, 1.807) is 10.7 Å². The van der Waals surface area contributed by atoms with Gasteiger partial charge in [0, 0.05) is 18.3 Å². The molecule has 2 aromatic rings. The Morgan fingerprint density at radius 2 is 2.08 bits per heavy atom. The van der Waals surface area contributed by atoms with Crippen LogP contribution in [0.4, 0.5) is 0 Å². The molecule has 1 fully saturated rings. The number of aromatic nitrogens is 4. The van der Waals surface area contributed by atoms with Crippen molar-refractivity contribution >= 4 is 5.91 Å². The maximum absolute atomic E-state index is 12.3. The third-order valence-electron chi connectivity index (χ3n) is 5.35. The van der Waals surface area contributed by atoms with E-state index >= 15 is 0 Å². The van der Waals surface area contributed by atoms with Crippen molar-refractivity contribution < 1.29 is 4.79 Å². The molecule has 0 radical (unpaired) electrons. The monoisotopic (exact) mass is 353 g/mol. The molecule has 0 aromatic carbocycles. The summed E-state index contributed by atoms with van der Waals surface area (Å²) in [6.07, 6.45) is 6.92. The molecule has 0 unspecified atom stereocenters. The van der Waals surface area contributed by atoms with Gasteiger partial charge in [0.05, 0.1) is 5.69 Å². The fraction of sp³-hybridized carbons (Fsp3) is 0.474. The lowest BCUT2D eigenvalue weighted by atomic mass is 9.94. The molecule has 2 heterocycles. The van der Waals surface area contributed by atoms with Crippen molar-refractivity contribution in [3.8, 4) is 5.82 Å². The highest BCUT2D eigenvalue weighted by Crippen LogP contribution is 2.42. The van der Waals surface area contributed by atoms with Crippen molar-refractivity contribution in [1.82, 2.24) is 24.9 Å². The fourth-order valence-corrected chi connectivity index (χ4v) is 4.09. The van der Waals surface area contributed by atoms with Crippen LogP contribution >= 0.6 is 0 Å². The molecule has 0 saturated heterocycles. The topological polar surface area (TPSA) is 81.8 Å². The molecule has 26 heavy (non-hydrogen) atoms. The van der Waals surface area contributed by atoms with Crippen molar-refractivity contribution in [2.24, 2.45) is 17.8 Å². The zero-order valence-corrected chi connectivity index (χ0v) is 15.1. The van der Waals surface area contributed by atoms with Crippen LogP contribution in [0, 0.1) is 31.6 Å². The van der Waals surface area contributed by atoms with Gasteiger partial charge in [-0.3, -0.25) is 9.59 Å². The number of carbonyl (C=O) groups is 1. The number of nitrogens with zero attached hydrogens (tertiary/aromatic N) is 4. The largest absolute Gasteiger partial charge is 0.354 e. The van der Waals surface area contributed by atoms with Gasteiger partial charge < -0.3 is 5.32 Å². The Balaban J connectivity index is 1.43. The van der Waals surface area contributed by atoms with Gasteiger partial charge in [0.1, 0.15) is 6.54 Å². The molecule has 4 rings (SSSR count). The highest BCUT2D eigenvalue weighted by atomic mass is 16.2. The van der Waals surface area contributed by atoms with Crippen molar-refractivity contribution in [2.75, 3.05) is 6.54 Å². The molecule has 7 heteroatoms. The van der Waals surface area contributed by atoms with Gasteiger partial charge in [-0.1, -0.05) is 12.2 Å². The smallest absolute Gasteiger partial charge is 0.267 e. The Morgan fingerprint density at radius 1 is 1.23 bits per heavy atom. The zero-order valence-electron chi connectivity index (χ0n) is 15.1. The number of carbonyl (C=O) groups excluding carboxylic acids is 1. The standard InChI is InChI=1S/C19H23N5O2/c1-12-7-13(2)24(21-12)17-5-6-19(26)23(22-17)11-18(25)20-10-16-9-14-3-4-15(16)8-14/h3-7,14-16H,8-11H2,1-2H3,(H,20,25)/t14-,15+,16-/m0/s1. The van der Waals surface area contributed by atoms with Crippen molar-refractivity contribution in [3.63, 3.8) is 0 Å². The number of allylic oxidation sites excluding steroid dienone is 2. The molecule has 2 aliphatic carbocycles. The average Bonchev–Trinajstić information content (AvgIpc) is 3.30. The third kappa shape index (κ3) is 3.21. The van der Waals surface area contributed by atoms with E-state index in [2.05, 4.69) is 27.7 Å². The lowest BCUT2D eigenvalue weighted by Crippen LogP contribution is -2.37. The quantitative estimate of drug-likeness (QED) is 0.823. The summed E-state index contributed by atoms with van der Waals surface area (Å²) < 4.78 is 2.87. The molecular weight excluding hydrogens is 330 g/mol. The molecule has 0 aliphatic heterocycles. The molecule has 2 aliphatic rings. The van der Waals surface area contributed by atoms with E-state index in [-0.39, 0.29) is 18.0 Å². The number of rotatable bonds is 5. The van der Waals surface area contributed by atoms with Crippen LogP contribution in [0.15, 0.2) is 35.1 Å². The minimum atomic E-state index is -0.298. The van der Waals surface area contributed by atoms with Gasteiger partial charge >= 0.3 is 0 Å². The summed E-state index contributed by atoms with van der Waals surface area (Å²) in [7, 11) is 0. The molecule has 1 N–H and O–H groups in total. The van der Waals surface area contributed by atoms with Crippen LogP contribution in [0.2, 0.25) is 0 Å². The van der Waals surface area contributed by atoms with Gasteiger partial charge in [-0.05, 0) is 56.6 Å². The molecule has 2 bridgehead atoms. The second-order valence-electron chi connectivity index (χ2n) is 7.37. The van der Waals surface area contributed by atoms with Gasteiger partial charge in [0.2, 0.25) is 5.91 Å². The van der Waals surface area contributed by atoms with Crippen LogP contribution in [0.1, 0.15) is 24.2 Å². The Bertz CT molecular complexity index is 926. The van der Waals surface area contributed by atoms with Crippen LogP contribution in [0.3, 0.4) is 0 Å². The molecule has 3 atom stereocenters. The SMILES string of the molecule is Cc1cc(C)n(-c2ccc(=O)n(CC(=O)NC[C@@H]3C[C@H]4C=C[C@@H]3C4)n2)n1. The summed E-state index contributed by atoms with van der Waals surface area (Å²) in [5.74, 6) is 2.14. The van der Waals surface area contributed by atoms with E-state index in [9.17, 15) is 9.59 Å². The van der Waals surface area contributed by atoms with Gasteiger partial charge in [-0.25, -0.2) is 9.36 Å². The van der Waals surface area contributed by atoms with Crippen LogP contribution in [0.25, 0.3) is 5.82 Å². The van der Waals surface area contributed by atoms with E-state index < -0.39 is 0 Å². The Morgan fingerprint density at radius 3 is 2.73 bits per heavy atom. The van der Waals surface area contributed by atoms with Crippen LogP contribution in [-0.4, -0.2) is 32.0 Å². The highest BCUT2D eigenvalue weighted by molar-refractivity contribution is 5.75. The summed E-state index contributed by atoms with van der Waals surface area (Å²) in [6.45, 7) is 4.41. The molecular formula is C19H23N5O2. The van der Waals surface area contributed by atoms with Crippen molar-refractivity contribution in [1.29, 1.82) is 0 Å². The average molecular weight is 353 g/mol. The maximum atomic E-state index is 12.3. The first-order chi connectivity index (χ1) is 12.5. The van der Waals surface area contributed by atoms with Crippen LogP contribution in [-0.2, 0) is 11.3 Å². The van der Waals surface area contributed by atoms with Crippen LogP contribution in [0.5, 0.6) is 0 Å². The Labute approximate surface area is 151 Å². The van der Waals surface area contributed by atoms with Crippen LogP contribution < -0.4 is 10.9 Å². The lowest BCUT2D eigenvalue weighted by Gasteiger charge is -2.18. The van der Waals surface area contributed by atoms with E-state index in [4.69, 9.17) is 0 Å². The molecule has 1 amide bonds. The van der Waals surface area contributed by atoms with E-state index in [0.29, 0.717) is 30.1 Å². The minimum absolute atomic E-state index is 0.0807. The molecule has 0 spiro atoms. The minimum Gasteiger partial charge on any atom is -0.354 e. The molecule has 136 valence electrons. The molecule has 7 nitrogen and oxygen atoms in total. The second-order valence-corrected chi connectivity index (χ2v) is 7.37. The summed E-state index contributed by atoms with van der Waals surface area (Å²) in [5.41, 5.74) is 1.50. The zero-order chi connectivity index (χ0) is 18.3. The van der Waals surface area contributed by atoms with Gasteiger partial charge in [0.15, 0.2) is 5.82 Å². The van der Waals surface area contributed by atoms with Crippen molar-refractivity contribution in [3.05, 3.63) is 52.1 Å². The Kier molecular flexibility index (Phi) is 4.22. The van der Waals surface area contributed by atoms with Gasteiger partial charge in [-0.2, -0.15) is 5.10 Å². The number of hydrogen-bond donors (Lipinski definition) is 1. The molecule has 1 saturated carbocycles. The number of nitrogens with one attached hydrogen (secondary N) is 1. The third-order valence-corrected chi connectivity index (χ3v) is 5.35. The summed E-state index contributed by atoms with van der Waals surface area (Å²) in [5, 5.41) is 11.6. The predicted molar refractivity (Wildman–Crippen MR) is 96.9 cm³/mol. The number of hydrogen-bond acceptors (Lipinski definition) is 4. The normalized spacial score (nSPS) is 23.5. The van der Waals surface area contributed by atoms with E-state index in [0.717, 1.165) is 17.8 Å². The van der Waals surface area contributed by atoms with E-state index in [1.807, 2.05) is 19.9 Å². The first-order valence-corrected chi connectivity index (χ1v) is 9.06. The van der Waals surface area contributed by atoms with Gasteiger partial charge in [-0.15, -0.1) is 5.10 Å². The van der Waals surface area contributed by atoms with E-state index in [1.165, 1.54) is 17.2 Å². The predicted octanol–water partition coefficient (Wildman–Crippen LogP) is 1.37. The van der Waals surface area contributed by atoms with Gasteiger partial charge in [0.25, 0.3) is 5.56 Å². The number of aryl methyl sites for hydroxylation is 2.